The van der Waals surface area contributed by atoms with E-state index >= 15 is 0 Å². The molecule has 4 nitrogen and oxygen atoms in total. The average Bonchev–Trinajstić information content (AvgIpc) is 3.28. The van der Waals surface area contributed by atoms with Crippen molar-refractivity contribution in [2.24, 2.45) is 5.92 Å². The lowest BCUT2D eigenvalue weighted by atomic mass is 9.77. The van der Waals surface area contributed by atoms with Crippen molar-refractivity contribution in [2.45, 2.75) is 44.2 Å². The zero-order valence-corrected chi connectivity index (χ0v) is 14.7. The van der Waals surface area contributed by atoms with E-state index < -0.39 is 0 Å². The van der Waals surface area contributed by atoms with E-state index in [0.29, 0.717) is 12.0 Å². The lowest BCUT2D eigenvalue weighted by Crippen LogP contribution is -2.65. The molecule has 1 aromatic heterocycles. The summed E-state index contributed by atoms with van der Waals surface area (Å²) in [5.74, 6) is 0.725. The minimum absolute atomic E-state index is 0. The number of piperidine rings is 3. The summed E-state index contributed by atoms with van der Waals surface area (Å²) in [5.41, 5.74) is 2.96. The third-order valence-corrected chi connectivity index (χ3v) is 6.30. The number of fused-ring (bicyclic) bond motifs is 3. The van der Waals surface area contributed by atoms with Gasteiger partial charge in [0.05, 0.1) is 12.3 Å². The van der Waals surface area contributed by atoms with Crippen LogP contribution in [0.1, 0.15) is 41.6 Å². The minimum Gasteiger partial charge on any atom is -0.464 e. The molecule has 1 aliphatic carbocycles. The molecular formula is C19H23ClN2O2. The molecule has 1 spiro atoms. The monoisotopic (exact) mass is 346 g/mol. The lowest BCUT2D eigenvalue weighted by Gasteiger charge is -2.52. The second kappa shape index (κ2) is 5.50. The van der Waals surface area contributed by atoms with Crippen LogP contribution in [0.5, 0.6) is 0 Å². The topological polar surface area (TPSA) is 45.5 Å². The number of amides is 1. The van der Waals surface area contributed by atoms with E-state index in [4.69, 9.17) is 4.42 Å². The molecule has 1 atom stereocenters. The normalized spacial score (nSPS) is 29.5. The lowest BCUT2D eigenvalue weighted by molar-refractivity contribution is -0.00144. The first-order valence-corrected chi connectivity index (χ1v) is 8.71. The maximum absolute atomic E-state index is 12.8. The standard InChI is InChI=1S/C19H22N2O2.ClH/c1-12-11-23-16-3-2-14(10-15(12)16)18(22)20-17-13-4-8-21(9-5-13)19(17)6-7-19;/h2-3,10-11,13,17H,4-9H2,1H3,(H,20,22);1H/t17-;/m1./s1. The molecule has 5 heteroatoms. The van der Waals surface area contributed by atoms with Crippen LogP contribution >= 0.6 is 12.4 Å². The van der Waals surface area contributed by atoms with E-state index in [1.165, 1.54) is 38.8 Å². The van der Waals surface area contributed by atoms with Gasteiger partial charge >= 0.3 is 0 Å². The Balaban J connectivity index is 0.00000146. The second-order valence-electron chi connectivity index (χ2n) is 7.51. The van der Waals surface area contributed by atoms with Crippen molar-refractivity contribution < 1.29 is 9.21 Å². The summed E-state index contributed by atoms with van der Waals surface area (Å²) in [4.78, 5) is 15.4. The number of hydrogen-bond acceptors (Lipinski definition) is 3. The van der Waals surface area contributed by atoms with Crippen molar-refractivity contribution >= 4 is 29.3 Å². The van der Waals surface area contributed by atoms with Gasteiger partial charge in [-0.05, 0) is 75.4 Å². The molecule has 4 aliphatic rings. The van der Waals surface area contributed by atoms with Crippen LogP contribution in [0.3, 0.4) is 0 Å². The number of carbonyl (C=O) groups excluding carboxylic acids is 1. The van der Waals surface area contributed by atoms with Crippen LogP contribution < -0.4 is 5.32 Å². The number of furan rings is 1. The summed E-state index contributed by atoms with van der Waals surface area (Å²) >= 11 is 0. The molecule has 3 saturated heterocycles. The maximum atomic E-state index is 12.8. The van der Waals surface area contributed by atoms with E-state index in [1.54, 1.807) is 6.26 Å². The smallest absolute Gasteiger partial charge is 0.251 e. The fourth-order valence-electron chi connectivity index (χ4n) is 4.84. The zero-order chi connectivity index (χ0) is 15.6. The molecule has 24 heavy (non-hydrogen) atoms. The average molecular weight is 347 g/mol. The number of aryl methyl sites for hydroxylation is 1. The van der Waals surface area contributed by atoms with Crippen LogP contribution in [-0.2, 0) is 0 Å². The van der Waals surface area contributed by atoms with E-state index in [-0.39, 0.29) is 23.9 Å². The fourth-order valence-corrected chi connectivity index (χ4v) is 4.84. The first-order valence-electron chi connectivity index (χ1n) is 8.71. The van der Waals surface area contributed by atoms with Gasteiger partial charge in [0, 0.05) is 16.5 Å². The van der Waals surface area contributed by atoms with Gasteiger partial charge in [-0.2, -0.15) is 0 Å². The number of nitrogens with zero attached hydrogens (tertiary/aromatic N) is 1. The number of carbonyl (C=O) groups is 1. The van der Waals surface area contributed by atoms with Gasteiger partial charge in [-0.25, -0.2) is 0 Å². The van der Waals surface area contributed by atoms with Crippen molar-refractivity contribution in [3.63, 3.8) is 0 Å². The maximum Gasteiger partial charge on any atom is 0.251 e. The van der Waals surface area contributed by atoms with Crippen LogP contribution in [0.25, 0.3) is 11.0 Å². The van der Waals surface area contributed by atoms with Crippen LogP contribution in [0.2, 0.25) is 0 Å². The highest BCUT2D eigenvalue weighted by Gasteiger charge is 2.60. The van der Waals surface area contributed by atoms with Crippen LogP contribution in [0, 0.1) is 12.8 Å². The Kier molecular flexibility index (Phi) is 3.66. The largest absolute Gasteiger partial charge is 0.464 e. The van der Waals surface area contributed by atoms with E-state index in [9.17, 15) is 4.79 Å². The van der Waals surface area contributed by atoms with Gasteiger partial charge in [0.25, 0.3) is 5.91 Å². The highest BCUT2D eigenvalue weighted by Crippen LogP contribution is 2.53. The van der Waals surface area contributed by atoms with Gasteiger partial charge in [-0.3, -0.25) is 9.69 Å². The predicted octanol–water partition coefficient (Wildman–Crippen LogP) is 3.52. The molecule has 0 unspecified atom stereocenters. The highest BCUT2D eigenvalue weighted by molar-refractivity contribution is 5.98. The highest BCUT2D eigenvalue weighted by atomic mass is 35.5. The number of rotatable bonds is 2. The Morgan fingerprint density at radius 3 is 2.75 bits per heavy atom. The van der Waals surface area contributed by atoms with Gasteiger partial charge in [0.2, 0.25) is 0 Å². The third-order valence-electron chi connectivity index (χ3n) is 6.30. The molecular weight excluding hydrogens is 324 g/mol. The summed E-state index contributed by atoms with van der Waals surface area (Å²) < 4.78 is 5.48. The molecule has 6 rings (SSSR count). The third kappa shape index (κ3) is 2.20. The molecule has 1 saturated carbocycles. The molecule has 0 radical (unpaired) electrons. The van der Waals surface area contributed by atoms with Gasteiger partial charge in [0.15, 0.2) is 0 Å². The van der Waals surface area contributed by atoms with Gasteiger partial charge in [-0.15, -0.1) is 12.4 Å². The SMILES string of the molecule is Cc1coc2ccc(C(=O)N[C@@H]3C4CCN(CC4)C34CC4)cc12.Cl. The summed E-state index contributed by atoms with van der Waals surface area (Å²) in [7, 11) is 0. The molecule has 4 heterocycles. The first-order chi connectivity index (χ1) is 11.2. The van der Waals surface area contributed by atoms with Crippen molar-refractivity contribution in [3.8, 4) is 0 Å². The zero-order valence-electron chi connectivity index (χ0n) is 13.9. The van der Waals surface area contributed by atoms with Gasteiger partial charge < -0.3 is 9.73 Å². The summed E-state index contributed by atoms with van der Waals surface area (Å²) in [6.45, 7) is 4.45. The number of benzene rings is 1. The molecule has 1 aromatic carbocycles. The van der Waals surface area contributed by atoms with Crippen molar-refractivity contribution in [1.29, 1.82) is 0 Å². The van der Waals surface area contributed by atoms with Crippen LogP contribution in [0.15, 0.2) is 28.9 Å². The Hall–Kier alpha value is -1.52. The number of nitrogens with one attached hydrogen (secondary N) is 1. The van der Waals surface area contributed by atoms with Crippen LogP contribution in [0.4, 0.5) is 0 Å². The Bertz CT molecular complexity index is 788. The van der Waals surface area contributed by atoms with Crippen molar-refractivity contribution in [2.75, 3.05) is 13.1 Å². The Labute approximate surface area is 148 Å². The summed E-state index contributed by atoms with van der Waals surface area (Å²) in [6, 6.07) is 6.07. The first kappa shape index (κ1) is 16.0. The van der Waals surface area contributed by atoms with E-state index in [0.717, 1.165) is 22.1 Å². The van der Waals surface area contributed by atoms with E-state index in [2.05, 4.69) is 10.2 Å². The number of hydrogen-bond donors (Lipinski definition) is 1. The Morgan fingerprint density at radius 2 is 2.04 bits per heavy atom. The number of halogens is 1. The van der Waals surface area contributed by atoms with Crippen molar-refractivity contribution in [3.05, 3.63) is 35.6 Å². The minimum atomic E-state index is 0. The van der Waals surface area contributed by atoms with Gasteiger partial charge in [-0.1, -0.05) is 0 Å². The molecule has 3 aliphatic heterocycles. The van der Waals surface area contributed by atoms with Crippen molar-refractivity contribution in [1.82, 2.24) is 10.2 Å². The fraction of sp³-hybridized carbons (Fsp3) is 0.526. The summed E-state index contributed by atoms with van der Waals surface area (Å²) in [5, 5.41) is 4.42. The molecule has 4 fully saturated rings. The quantitative estimate of drug-likeness (QED) is 0.905. The molecule has 128 valence electrons. The van der Waals surface area contributed by atoms with E-state index in [1.807, 2.05) is 25.1 Å². The molecule has 2 aromatic rings. The molecule has 1 N–H and O–H groups in total. The molecule has 1 amide bonds. The van der Waals surface area contributed by atoms with Gasteiger partial charge in [0.1, 0.15) is 5.58 Å². The second-order valence-corrected chi connectivity index (χ2v) is 7.51. The Morgan fingerprint density at radius 1 is 1.29 bits per heavy atom. The predicted molar refractivity (Wildman–Crippen MR) is 95.7 cm³/mol. The molecule has 2 bridgehead atoms. The summed E-state index contributed by atoms with van der Waals surface area (Å²) in [6.07, 6.45) is 6.70. The van der Waals surface area contributed by atoms with Crippen LogP contribution in [-0.4, -0.2) is 35.5 Å².